The Morgan fingerprint density at radius 1 is 1.25 bits per heavy atom. The number of ether oxygens (including phenoxy) is 1. The summed E-state index contributed by atoms with van der Waals surface area (Å²) < 4.78 is 18.8. The number of halogens is 1. The van der Waals surface area contributed by atoms with Crippen LogP contribution in [0.25, 0.3) is 0 Å². The van der Waals surface area contributed by atoms with Gasteiger partial charge >= 0.3 is 5.97 Å². The second kappa shape index (κ2) is 9.61. The maximum absolute atomic E-state index is 13.9. The SMILES string of the molecule is CCOC(=O)Cc1csc(NC(=O)CN2CCN(c3ccccc3F)CC2)n1. The standard InChI is InChI=1S/C19H23FN4O3S/c1-2-27-18(26)11-14-13-28-19(21-14)22-17(25)12-23-7-9-24(10-8-23)16-6-4-3-5-15(16)20/h3-6,13H,2,7-12H2,1H3,(H,21,22,25). The number of esters is 1. The number of benzene rings is 1. The largest absolute Gasteiger partial charge is 0.466 e. The number of amides is 1. The molecule has 0 radical (unpaired) electrons. The van der Waals surface area contributed by atoms with Crippen molar-refractivity contribution in [2.45, 2.75) is 13.3 Å². The Balaban J connectivity index is 1.44. The van der Waals surface area contributed by atoms with Crippen molar-refractivity contribution >= 4 is 34.0 Å². The minimum absolute atomic E-state index is 0.0955. The Morgan fingerprint density at radius 2 is 2.00 bits per heavy atom. The summed E-state index contributed by atoms with van der Waals surface area (Å²) in [5.41, 5.74) is 1.18. The van der Waals surface area contributed by atoms with Crippen LogP contribution in [-0.2, 0) is 20.7 Å². The smallest absolute Gasteiger partial charge is 0.311 e. The van der Waals surface area contributed by atoms with E-state index in [-0.39, 0.29) is 30.7 Å². The Kier molecular flexibility index (Phi) is 6.94. The van der Waals surface area contributed by atoms with Gasteiger partial charge in [-0.2, -0.15) is 0 Å². The van der Waals surface area contributed by atoms with Crippen molar-refractivity contribution in [1.29, 1.82) is 0 Å². The van der Waals surface area contributed by atoms with Crippen LogP contribution in [0.5, 0.6) is 0 Å². The number of thiazole rings is 1. The van der Waals surface area contributed by atoms with Gasteiger partial charge < -0.3 is 15.0 Å². The molecule has 0 aliphatic carbocycles. The van der Waals surface area contributed by atoms with Crippen LogP contribution in [0.3, 0.4) is 0 Å². The Bertz CT molecular complexity index is 821. The molecule has 150 valence electrons. The third kappa shape index (κ3) is 5.49. The Labute approximate surface area is 167 Å². The Morgan fingerprint density at radius 3 is 2.71 bits per heavy atom. The fourth-order valence-electron chi connectivity index (χ4n) is 3.02. The summed E-state index contributed by atoms with van der Waals surface area (Å²) in [5.74, 6) is -0.717. The molecule has 3 rings (SSSR count). The molecule has 2 heterocycles. The van der Waals surface area contributed by atoms with Crippen LogP contribution in [0.4, 0.5) is 15.2 Å². The molecular formula is C19H23FN4O3S. The molecule has 1 amide bonds. The first-order valence-electron chi connectivity index (χ1n) is 9.17. The van der Waals surface area contributed by atoms with Gasteiger partial charge in [0.05, 0.1) is 31.0 Å². The van der Waals surface area contributed by atoms with Crippen molar-refractivity contribution < 1.29 is 18.7 Å². The van der Waals surface area contributed by atoms with Crippen molar-refractivity contribution in [3.05, 3.63) is 41.2 Å². The maximum atomic E-state index is 13.9. The molecular weight excluding hydrogens is 383 g/mol. The fraction of sp³-hybridized carbons (Fsp3) is 0.421. The van der Waals surface area contributed by atoms with Gasteiger partial charge in [-0.3, -0.25) is 14.5 Å². The maximum Gasteiger partial charge on any atom is 0.311 e. The summed E-state index contributed by atoms with van der Waals surface area (Å²) in [4.78, 5) is 32.0. The van der Waals surface area contributed by atoms with Crippen LogP contribution in [0.15, 0.2) is 29.6 Å². The van der Waals surface area contributed by atoms with Gasteiger partial charge in [-0.05, 0) is 19.1 Å². The summed E-state index contributed by atoms with van der Waals surface area (Å²) in [7, 11) is 0. The third-order valence-electron chi connectivity index (χ3n) is 4.36. The van der Waals surface area contributed by atoms with Crippen LogP contribution in [0, 0.1) is 5.82 Å². The van der Waals surface area contributed by atoms with E-state index in [4.69, 9.17) is 4.74 Å². The van der Waals surface area contributed by atoms with Crippen molar-refractivity contribution in [2.24, 2.45) is 0 Å². The molecule has 1 aliphatic rings. The zero-order valence-electron chi connectivity index (χ0n) is 15.7. The van der Waals surface area contributed by atoms with Crippen molar-refractivity contribution in [3.63, 3.8) is 0 Å². The van der Waals surface area contributed by atoms with Gasteiger partial charge in [0, 0.05) is 31.6 Å². The van der Waals surface area contributed by atoms with Crippen LogP contribution in [-0.4, -0.2) is 61.1 Å². The number of carbonyl (C=O) groups is 2. The number of hydrogen-bond donors (Lipinski definition) is 1. The molecule has 0 atom stereocenters. The lowest BCUT2D eigenvalue weighted by molar-refractivity contribution is -0.142. The van der Waals surface area contributed by atoms with Gasteiger partial charge in [0.25, 0.3) is 0 Å². The Hall–Kier alpha value is -2.52. The number of carbonyl (C=O) groups excluding carboxylic acids is 2. The zero-order valence-corrected chi connectivity index (χ0v) is 16.5. The van der Waals surface area contributed by atoms with Crippen molar-refractivity contribution in [1.82, 2.24) is 9.88 Å². The van der Waals surface area contributed by atoms with Crippen LogP contribution >= 0.6 is 11.3 Å². The average molecular weight is 406 g/mol. The highest BCUT2D eigenvalue weighted by Gasteiger charge is 2.21. The summed E-state index contributed by atoms with van der Waals surface area (Å²) in [5, 5.41) is 4.97. The predicted molar refractivity (Wildman–Crippen MR) is 106 cm³/mol. The number of piperazine rings is 1. The second-order valence-electron chi connectivity index (χ2n) is 6.39. The minimum atomic E-state index is -0.335. The van der Waals surface area contributed by atoms with E-state index in [0.29, 0.717) is 49.3 Å². The monoisotopic (exact) mass is 406 g/mol. The van der Waals surface area contributed by atoms with Crippen LogP contribution < -0.4 is 10.2 Å². The molecule has 0 saturated carbocycles. The van der Waals surface area contributed by atoms with Gasteiger partial charge in [-0.25, -0.2) is 9.37 Å². The van der Waals surface area contributed by atoms with E-state index in [1.54, 1.807) is 24.4 Å². The molecule has 0 unspecified atom stereocenters. The van der Waals surface area contributed by atoms with Crippen molar-refractivity contribution in [2.75, 3.05) is 49.5 Å². The molecule has 1 saturated heterocycles. The lowest BCUT2D eigenvalue weighted by atomic mass is 10.2. The molecule has 9 heteroatoms. The molecule has 0 bridgehead atoms. The highest BCUT2D eigenvalue weighted by molar-refractivity contribution is 7.13. The van der Waals surface area contributed by atoms with Crippen LogP contribution in [0.1, 0.15) is 12.6 Å². The van der Waals surface area contributed by atoms with E-state index >= 15 is 0 Å². The first-order valence-corrected chi connectivity index (χ1v) is 10.0. The first kappa shape index (κ1) is 20.2. The number of anilines is 2. The highest BCUT2D eigenvalue weighted by atomic mass is 32.1. The molecule has 28 heavy (non-hydrogen) atoms. The quantitative estimate of drug-likeness (QED) is 0.711. The molecule has 1 N–H and O–H groups in total. The van der Waals surface area contributed by atoms with E-state index in [0.717, 1.165) is 0 Å². The number of aromatic nitrogens is 1. The predicted octanol–water partition coefficient (Wildman–Crippen LogP) is 2.15. The number of hydrogen-bond acceptors (Lipinski definition) is 7. The first-order chi connectivity index (χ1) is 13.5. The summed E-state index contributed by atoms with van der Waals surface area (Å²) >= 11 is 1.28. The molecule has 0 spiro atoms. The number of para-hydroxylation sites is 1. The van der Waals surface area contributed by atoms with E-state index in [1.165, 1.54) is 17.4 Å². The molecule has 1 aromatic heterocycles. The number of nitrogens with zero attached hydrogens (tertiary/aromatic N) is 3. The summed E-state index contributed by atoms with van der Waals surface area (Å²) in [6.07, 6.45) is 0.0955. The topological polar surface area (TPSA) is 74.8 Å². The molecule has 1 aromatic carbocycles. The molecule has 1 fully saturated rings. The number of rotatable bonds is 7. The molecule has 1 aliphatic heterocycles. The van der Waals surface area contributed by atoms with Crippen molar-refractivity contribution in [3.8, 4) is 0 Å². The second-order valence-corrected chi connectivity index (χ2v) is 7.25. The van der Waals surface area contributed by atoms with Gasteiger partial charge in [0.15, 0.2) is 5.13 Å². The minimum Gasteiger partial charge on any atom is -0.466 e. The molecule has 7 nitrogen and oxygen atoms in total. The third-order valence-corrected chi connectivity index (χ3v) is 5.17. The molecule has 2 aromatic rings. The lowest BCUT2D eigenvalue weighted by Gasteiger charge is -2.35. The van der Waals surface area contributed by atoms with Gasteiger partial charge in [0.2, 0.25) is 5.91 Å². The van der Waals surface area contributed by atoms with Gasteiger partial charge in [0.1, 0.15) is 5.82 Å². The summed E-state index contributed by atoms with van der Waals surface area (Å²) in [6, 6.07) is 6.73. The van der Waals surface area contributed by atoms with Crippen LogP contribution in [0.2, 0.25) is 0 Å². The van der Waals surface area contributed by atoms with E-state index in [9.17, 15) is 14.0 Å². The average Bonchev–Trinajstić information content (AvgIpc) is 3.09. The van der Waals surface area contributed by atoms with E-state index in [2.05, 4.69) is 10.3 Å². The van der Waals surface area contributed by atoms with E-state index < -0.39 is 0 Å². The fourth-order valence-corrected chi connectivity index (χ4v) is 3.75. The zero-order chi connectivity index (χ0) is 19.9. The highest BCUT2D eigenvalue weighted by Crippen LogP contribution is 2.20. The van der Waals surface area contributed by atoms with Gasteiger partial charge in [-0.15, -0.1) is 11.3 Å². The lowest BCUT2D eigenvalue weighted by Crippen LogP contribution is -2.48. The van der Waals surface area contributed by atoms with E-state index in [1.807, 2.05) is 15.9 Å². The normalized spacial score (nSPS) is 14.7. The van der Waals surface area contributed by atoms with Gasteiger partial charge in [-0.1, -0.05) is 12.1 Å². The number of nitrogens with one attached hydrogen (secondary N) is 1. The summed E-state index contributed by atoms with van der Waals surface area (Å²) in [6.45, 7) is 5.00.